The van der Waals surface area contributed by atoms with Crippen molar-refractivity contribution in [3.63, 3.8) is 0 Å². The first kappa shape index (κ1) is 16.0. The molecule has 2 aromatic rings. The first-order valence-corrected chi connectivity index (χ1v) is 8.88. The first-order chi connectivity index (χ1) is 9.94. The van der Waals surface area contributed by atoms with Gasteiger partial charge in [-0.1, -0.05) is 35.0 Å². The lowest BCUT2D eigenvalue weighted by Crippen LogP contribution is -2.09. The van der Waals surface area contributed by atoms with Crippen LogP contribution in [-0.4, -0.2) is 14.2 Å². The Morgan fingerprint density at radius 2 is 1.90 bits per heavy atom. The zero-order valence-electron chi connectivity index (χ0n) is 11.4. The van der Waals surface area contributed by atoms with Gasteiger partial charge in [0.05, 0.1) is 16.3 Å². The molecule has 0 atom stereocenters. The number of hydrogen-bond donors (Lipinski definition) is 1. The van der Waals surface area contributed by atoms with E-state index in [1.807, 2.05) is 0 Å². The normalized spacial score (nSPS) is 11.4. The third-order valence-corrected chi connectivity index (χ3v) is 5.64. The summed E-state index contributed by atoms with van der Waals surface area (Å²) in [5.41, 5.74) is 1.24. The molecule has 0 saturated carbocycles. The number of para-hydroxylation sites is 1. The zero-order valence-corrected chi connectivity index (χ0v) is 13.8. The summed E-state index contributed by atoms with van der Waals surface area (Å²) in [4.78, 5) is 0.264. The van der Waals surface area contributed by atoms with Crippen molar-refractivity contribution in [2.75, 3.05) is 11.1 Å². The summed E-state index contributed by atoms with van der Waals surface area (Å²) in [6.45, 7) is 1.93. The van der Waals surface area contributed by atoms with Crippen LogP contribution >= 0.6 is 15.9 Å². The molecule has 3 nitrogen and oxygen atoms in total. The third-order valence-electron chi connectivity index (χ3n) is 3.08. The molecule has 1 N–H and O–H groups in total. The Bertz CT molecular complexity index is 747. The van der Waals surface area contributed by atoms with Gasteiger partial charge >= 0.3 is 0 Å². The van der Waals surface area contributed by atoms with Crippen LogP contribution in [0.15, 0.2) is 51.8 Å². The van der Waals surface area contributed by atoms with Gasteiger partial charge in [-0.2, -0.15) is 0 Å². The fourth-order valence-electron chi connectivity index (χ4n) is 1.91. The van der Waals surface area contributed by atoms with Crippen molar-refractivity contribution < 1.29 is 12.8 Å². The van der Waals surface area contributed by atoms with Gasteiger partial charge in [0.25, 0.3) is 0 Å². The smallest absolute Gasteiger partial charge is 0.180 e. The number of benzene rings is 2. The van der Waals surface area contributed by atoms with Gasteiger partial charge < -0.3 is 5.32 Å². The first-order valence-electron chi connectivity index (χ1n) is 6.43. The van der Waals surface area contributed by atoms with Gasteiger partial charge in [-0.3, -0.25) is 0 Å². The maximum Gasteiger partial charge on any atom is 0.180 e. The van der Waals surface area contributed by atoms with E-state index >= 15 is 0 Å². The van der Waals surface area contributed by atoms with E-state index in [0.29, 0.717) is 12.2 Å². The van der Waals surface area contributed by atoms with E-state index in [2.05, 4.69) is 21.2 Å². The fourth-order valence-corrected chi connectivity index (χ4v) is 3.37. The molecular formula is C15H15BrFNO2S. The molecular weight excluding hydrogens is 357 g/mol. The molecule has 0 amide bonds. The van der Waals surface area contributed by atoms with Crippen molar-refractivity contribution in [1.82, 2.24) is 0 Å². The Balaban J connectivity index is 2.27. The molecule has 0 bridgehead atoms. The van der Waals surface area contributed by atoms with Gasteiger partial charge in [-0.25, -0.2) is 12.8 Å². The summed E-state index contributed by atoms with van der Waals surface area (Å²) in [6.07, 6.45) is 0. The van der Waals surface area contributed by atoms with Crippen molar-refractivity contribution in [3.05, 3.63) is 58.3 Å². The molecule has 21 heavy (non-hydrogen) atoms. The van der Waals surface area contributed by atoms with Crippen LogP contribution in [0.2, 0.25) is 0 Å². The summed E-state index contributed by atoms with van der Waals surface area (Å²) in [5.74, 6) is -0.292. The lowest BCUT2D eigenvalue weighted by molar-refractivity contribution is 0.597. The van der Waals surface area contributed by atoms with E-state index in [-0.39, 0.29) is 16.5 Å². The largest absolute Gasteiger partial charge is 0.380 e. The number of halogens is 2. The lowest BCUT2D eigenvalue weighted by atomic mass is 10.2. The van der Waals surface area contributed by atoms with Crippen LogP contribution in [0.5, 0.6) is 0 Å². The van der Waals surface area contributed by atoms with E-state index in [9.17, 15) is 12.8 Å². The Hall–Kier alpha value is -1.40. The molecule has 0 radical (unpaired) electrons. The average molecular weight is 372 g/mol. The van der Waals surface area contributed by atoms with E-state index in [1.54, 1.807) is 37.3 Å². The predicted octanol–water partition coefficient (Wildman–Crippen LogP) is 3.99. The molecule has 0 aliphatic carbocycles. The van der Waals surface area contributed by atoms with Crippen LogP contribution in [0.25, 0.3) is 0 Å². The third kappa shape index (κ3) is 3.83. The molecule has 0 spiro atoms. The standard InChI is InChI=1S/C15H15BrFNO2S/c1-2-21(19,20)15-6-4-3-5-14(15)18-10-11-9-12(17)7-8-13(11)16/h3-9,18H,2,10H2,1H3. The highest BCUT2D eigenvalue weighted by Gasteiger charge is 2.16. The van der Waals surface area contributed by atoms with Crippen molar-refractivity contribution in [1.29, 1.82) is 0 Å². The maximum atomic E-state index is 13.3. The van der Waals surface area contributed by atoms with Gasteiger partial charge in [0, 0.05) is 11.0 Å². The highest BCUT2D eigenvalue weighted by atomic mass is 79.9. The van der Waals surface area contributed by atoms with Gasteiger partial charge in [0.15, 0.2) is 9.84 Å². The van der Waals surface area contributed by atoms with E-state index < -0.39 is 9.84 Å². The minimum Gasteiger partial charge on any atom is -0.380 e. The topological polar surface area (TPSA) is 46.2 Å². The van der Waals surface area contributed by atoms with Crippen LogP contribution < -0.4 is 5.32 Å². The highest BCUT2D eigenvalue weighted by molar-refractivity contribution is 9.10. The minimum atomic E-state index is -3.30. The van der Waals surface area contributed by atoms with Gasteiger partial charge in [-0.05, 0) is 35.9 Å². The highest BCUT2D eigenvalue weighted by Crippen LogP contribution is 2.24. The molecule has 112 valence electrons. The van der Waals surface area contributed by atoms with Crippen molar-refractivity contribution >= 4 is 31.5 Å². The van der Waals surface area contributed by atoms with Crippen LogP contribution in [0.1, 0.15) is 12.5 Å². The summed E-state index contributed by atoms with van der Waals surface area (Å²) in [5, 5.41) is 3.06. The van der Waals surface area contributed by atoms with E-state index in [1.165, 1.54) is 12.1 Å². The Labute approximate surface area is 132 Å². The van der Waals surface area contributed by atoms with Gasteiger partial charge in [0.1, 0.15) is 5.82 Å². The number of nitrogens with one attached hydrogen (secondary N) is 1. The SMILES string of the molecule is CCS(=O)(=O)c1ccccc1NCc1cc(F)ccc1Br. The Morgan fingerprint density at radius 1 is 1.19 bits per heavy atom. The van der Waals surface area contributed by atoms with Gasteiger partial charge in [-0.15, -0.1) is 0 Å². The van der Waals surface area contributed by atoms with Crippen molar-refractivity contribution in [3.8, 4) is 0 Å². The molecule has 0 unspecified atom stereocenters. The maximum absolute atomic E-state index is 13.3. The van der Waals surface area contributed by atoms with Crippen LogP contribution in [-0.2, 0) is 16.4 Å². The lowest BCUT2D eigenvalue weighted by Gasteiger charge is -2.12. The van der Waals surface area contributed by atoms with E-state index in [0.717, 1.165) is 10.0 Å². The second-order valence-corrected chi connectivity index (χ2v) is 7.59. The van der Waals surface area contributed by atoms with E-state index in [4.69, 9.17) is 0 Å². The second kappa shape index (κ2) is 6.58. The average Bonchev–Trinajstić information content (AvgIpc) is 2.48. The minimum absolute atomic E-state index is 0.0371. The van der Waals surface area contributed by atoms with Crippen molar-refractivity contribution in [2.24, 2.45) is 0 Å². The Kier molecular flexibility index (Phi) is 5.00. The summed E-state index contributed by atoms with van der Waals surface area (Å²) < 4.78 is 38.1. The molecule has 0 aliphatic heterocycles. The van der Waals surface area contributed by atoms with Crippen molar-refractivity contribution in [2.45, 2.75) is 18.4 Å². The van der Waals surface area contributed by atoms with Crippen LogP contribution in [0, 0.1) is 5.82 Å². The molecule has 2 aromatic carbocycles. The fraction of sp³-hybridized carbons (Fsp3) is 0.200. The van der Waals surface area contributed by atoms with Crippen LogP contribution in [0.4, 0.5) is 10.1 Å². The summed E-state index contributed by atoms with van der Waals surface area (Å²) >= 11 is 3.35. The van der Waals surface area contributed by atoms with Gasteiger partial charge in [0.2, 0.25) is 0 Å². The number of anilines is 1. The summed E-state index contributed by atoms with van der Waals surface area (Å²) in [6, 6.07) is 11.1. The predicted molar refractivity (Wildman–Crippen MR) is 85.6 cm³/mol. The molecule has 0 saturated heterocycles. The van der Waals surface area contributed by atoms with Crippen LogP contribution in [0.3, 0.4) is 0 Å². The zero-order chi connectivity index (χ0) is 15.5. The number of hydrogen-bond acceptors (Lipinski definition) is 3. The molecule has 0 aliphatic rings. The molecule has 2 rings (SSSR count). The Morgan fingerprint density at radius 3 is 2.62 bits per heavy atom. The molecule has 0 fully saturated rings. The monoisotopic (exact) mass is 371 g/mol. The quantitative estimate of drug-likeness (QED) is 0.863. The molecule has 0 heterocycles. The number of rotatable bonds is 5. The molecule has 0 aromatic heterocycles. The summed E-state index contributed by atoms with van der Waals surface area (Å²) in [7, 11) is -3.30. The molecule has 6 heteroatoms. The number of sulfone groups is 1. The second-order valence-electron chi connectivity index (χ2n) is 4.49.